The van der Waals surface area contributed by atoms with Crippen LogP contribution in [-0.4, -0.2) is 24.4 Å². The summed E-state index contributed by atoms with van der Waals surface area (Å²) in [5.74, 6) is 3.00. The normalized spacial score (nSPS) is 10.4. The fourth-order valence-corrected chi connectivity index (χ4v) is 2.52. The molecule has 2 aromatic carbocycles. The van der Waals surface area contributed by atoms with Gasteiger partial charge in [-0.2, -0.15) is 0 Å². The summed E-state index contributed by atoms with van der Waals surface area (Å²) in [5.41, 5.74) is 0.770. The molecule has 0 atom stereocenters. The fourth-order valence-electron chi connectivity index (χ4n) is 2.52. The minimum Gasteiger partial charge on any atom is -0.464 e. The quantitative estimate of drug-likeness (QED) is 0.684. The number of nitrogens with one attached hydrogen (secondary N) is 1. The van der Waals surface area contributed by atoms with Crippen LogP contribution in [0.4, 0.5) is 5.69 Å². The monoisotopic (exact) mass is 350 g/mol. The number of aryl methyl sites for hydroxylation is 1. The van der Waals surface area contributed by atoms with Gasteiger partial charge in [0.2, 0.25) is 5.91 Å². The van der Waals surface area contributed by atoms with Crippen LogP contribution >= 0.6 is 0 Å². The van der Waals surface area contributed by atoms with Crippen molar-refractivity contribution < 1.29 is 13.9 Å². The molecular formula is C21H22N2O3. The average Bonchev–Trinajstić information content (AvgIpc) is 3.06. The van der Waals surface area contributed by atoms with Gasteiger partial charge >= 0.3 is 0 Å². The van der Waals surface area contributed by atoms with Crippen molar-refractivity contribution in [1.29, 1.82) is 0 Å². The van der Waals surface area contributed by atoms with Crippen LogP contribution in [0.5, 0.6) is 11.5 Å². The number of ether oxygens (including phenoxy) is 1. The smallest absolute Gasteiger partial charge is 0.242 e. The molecule has 0 spiro atoms. The maximum atomic E-state index is 12.4. The van der Waals surface area contributed by atoms with Crippen LogP contribution in [0.15, 0.2) is 71.1 Å². The maximum absolute atomic E-state index is 12.4. The average molecular weight is 350 g/mol. The predicted molar refractivity (Wildman–Crippen MR) is 101 cm³/mol. The Labute approximate surface area is 153 Å². The van der Waals surface area contributed by atoms with E-state index in [1.54, 1.807) is 11.9 Å². The first-order valence-electron chi connectivity index (χ1n) is 8.47. The first-order valence-corrected chi connectivity index (χ1v) is 8.47. The molecule has 0 aliphatic heterocycles. The number of benzene rings is 2. The highest BCUT2D eigenvalue weighted by Crippen LogP contribution is 2.28. The van der Waals surface area contributed by atoms with Crippen molar-refractivity contribution in [3.05, 3.63) is 78.3 Å². The second kappa shape index (κ2) is 8.25. The summed E-state index contributed by atoms with van der Waals surface area (Å²) in [6, 6.07) is 20.9. The largest absolute Gasteiger partial charge is 0.464 e. The van der Waals surface area contributed by atoms with E-state index in [0.29, 0.717) is 12.3 Å². The molecule has 0 unspecified atom stereocenters. The lowest BCUT2D eigenvalue weighted by Gasteiger charge is -2.18. The van der Waals surface area contributed by atoms with Crippen molar-refractivity contribution >= 4 is 11.6 Å². The second-order valence-corrected chi connectivity index (χ2v) is 6.03. The van der Waals surface area contributed by atoms with Crippen molar-refractivity contribution in [1.82, 2.24) is 4.90 Å². The number of nitrogens with zero attached hydrogens (tertiary/aromatic N) is 1. The van der Waals surface area contributed by atoms with Gasteiger partial charge in [0.1, 0.15) is 17.3 Å². The molecule has 0 aliphatic rings. The molecule has 1 N–H and O–H groups in total. The molecule has 0 saturated carbocycles. The van der Waals surface area contributed by atoms with E-state index >= 15 is 0 Å². The highest BCUT2D eigenvalue weighted by atomic mass is 16.5. The van der Waals surface area contributed by atoms with E-state index in [-0.39, 0.29) is 12.5 Å². The molecule has 1 aromatic heterocycles. The van der Waals surface area contributed by atoms with Crippen LogP contribution < -0.4 is 10.1 Å². The minimum absolute atomic E-state index is 0.0337. The van der Waals surface area contributed by atoms with Gasteiger partial charge in [0, 0.05) is 7.05 Å². The number of likely N-dealkylation sites (N-methyl/N-ethyl adjacent to an activating group) is 1. The van der Waals surface area contributed by atoms with E-state index in [4.69, 9.17) is 9.15 Å². The van der Waals surface area contributed by atoms with Crippen molar-refractivity contribution in [2.45, 2.75) is 13.5 Å². The number of hydrogen-bond donors (Lipinski definition) is 1. The summed E-state index contributed by atoms with van der Waals surface area (Å²) in [6.45, 7) is 2.50. The Hall–Kier alpha value is -3.21. The zero-order valence-corrected chi connectivity index (χ0v) is 14.9. The van der Waals surface area contributed by atoms with Crippen LogP contribution in [-0.2, 0) is 11.3 Å². The Morgan fingerprint density at radius 3 is 2.50 bits per heavy atom. The molecule has 0 saturated heterocycles. The Morgan fingerprint density at radius 1 is 1.04 bits per heavy atom. The van der Waals surface area contributed by atoms with Crippen LogP contribution in [0.25, 0.3) is 0 Å². The maximum Gasteiger partial charge on any atom is 0.242 e. The van der Waals surface area contributed by atoms with Gasteiger partial charge in [0.15, 0.2) is 5.75 Å². The molecule has 0 fully saturated rings. The van der Waals surface area contributed by atoms with E-state index in [0.717, 1.165) is 23.0 Å². The first kappa shape index (κ1) is 17.6. The van der Waals surface area contributed by atoms with E-state index in [1.807, 2.05) is 73.7 Å². The molecule has 134 valence electrons. The SMILES string of the molecule is Cc1ccc(CN(C)C(=O)CNc2ccccc2Oc2ccccc2)o1. The lowest BCUT2D eigenvalue weighted by Crippen LogP contribution is -2.31. The van der Waals surface area contributed by atoms with Gasteiger partial charge in [-0.15, -0.1) is 0 Å². The third-order valence-electron chi connectivity index (χ3n) is 3.90. The van der Waals surface area contributed by atoms with Gasteiger partial charge in [-0.3, -0.25) is 4.79 Å². The molecule has 26 heavy (non-hydrogen) atoms. The number of hydrogen-bond acceptors (Lipinski definition) is 4. The number of anilines is 1. The molecule has 5 heteroatoms. The third kappa shape index (κ3) is 4.66. The summed E-state index contributed by atoms with van der Waals surface area (Å²) in [6.07, 6.45) is 0. The van der Waals surface area contributed by atoms with Crippen molar-refractivity contribution in [2.24, 2.45) is 0 Å². The summed E-state index contributed by atoms with van der Waals surface area (Å²) in [4.78, 5) is 14.0. The molecule has 0 radical (unpaired) electrons. The molecule has 0 aliphatic carbocycles. The van der Waals surface area contributed by atoms with E-state index in [2.05, 4.69) is 5.32 Å². The van der Waals surface area contributed by atoms with Crippen LogP contribution in [0.1, 0.15) is 11.5 Å². The standard InChI is InChI=1S/C21H22N2O3/c1-16-12-13-18(25-16)15-23(2)21(24)14-22-19-10-6-7-11-20(19)26-17-8-4-3-5-9-17/h3-13,22H,14-15H2,1-2H3. The van der Waals surface area contributed by atoms with Gasteiger partial charge in [-0.05, 0) is 43.3 Å². The number of carbonyl (C=O) groups excluding carboxylic acids is 1. The minimum atomic E-state index is -0.0337. The van der Waals surface area contributed by atoms with Gasteiger partial charge in [0.05, 0.1) is 18.8 Å². The van der Waals surface area contributed by atoms with Gasteiger partial charge in [0.25, 0.3) is 0 Å². The highest BCUT2D eigenvalue weighted by molar-refractivity contribution is 5.81. The number of amides is 1. The Bertz CT molecular complexity index is 858. The Kier molecular flexibility index (Phi) is 5.59. The van der Waals surface area contributed by atoms with Gasteiger partial charge in [-0.1, -0.05) is 30.3 Å². The predicted octanol–water partition coefficient (Wildman–Crippen LogP) is 4.45. The van der Waals surface area contributed by atoms with Gasteiger partial charge in [-0.25, -0.2) is 0 Å². The summed E-state index contributed by atoms with van der Waals surface area (Å²) < 4.78 is 11.4. The van der Waals surface area contributed by atoms with Crippen molar-refractivity contribution in [2.75, 3.05) is 18.9 Å². The van der Waals surface area contributed by atoms with E-state index < -0.39 is 0 Å². The highest BCUT2D eigenvalue weighted by Gasteiger charge is 2.12. The topological polar surface area (TPSA) is 54.7 Å². The molecule has 1 amide bonds. The van der Waals surface area contributed by atoms with Crippen molar-refractivity contribution in [3.8, 4) is 11.5 Å². The zero-order chi connectivity index (χ0) is 18.4. The summed E-state index contributed by atoms with van der Waals surface area (Å²) >= 11 is 0. The van der Waals surface area contributed by atoms with E-state index in [9.17, 15) is 4.79 Å². The van der Waals surface area contributed by atoms with E-state index in [1.165, 1.54) is 0 Å². The molecule has 3 rings (SSSR count). The lowest BCUT2D eigenvalue weighted by molar-refractivity contribution is -0.128. The molecule has 5 nitrogen and oxygen atoms in total. The Balaban J connectivity index is 1.59. The molecule has 3 aromatic rings. The number of rotatable bonds is 7. The number of carbonyl (C=O) groups is 1. The third-order valence-corrected chi connectivity index (χ3v) is 3.90. The lowest BCUT2D eigenvalue weighted by atomic mass is 10.2. The second-order valence-electron chi connectivity index (χ2n) is 6.03. The number of para-hydroxylation sites is 3. The number of furan rings is 1. The molecular weight excluding hydrogens is 328 g/mol. The molecule has 1 heterocycles. The fraction of sp³-hybridized carbons (Fsp3) is 0.190. The van der Waals surface area contributed by atoms with Crippen LogP contribution in [0.3, 0.4) is 0 Å². The first-order chi connectivity index (χ1) is 12.6. The Morgan fingerprint density at radius 2 is 1.77 bits per heavy atom. The van der Waals surface area contributed by atoms with Crippen molar-refractivity contribution in [3.63, 3.8) is 0 Å². The molecule has 0 bridgehead atoms. The zero-order valence-electron chi connectivity index (χ0n) is 14.9. The summed E-state index contributed by atoms with van der Waals surface area (Å²) in [7, 11) is 1.76. The van der Waals surface area contributed by atoms with Crippen LogP contribution in [0, 0.1) is 6.92 Å². The van der Waals surface area contributed by atoms with Crippen LogP contribution in [0.2, 0.25) is 0 Å². The van der Waals surface area contributed by atoms with Gasteiger partial charge < -0.3 is 19.4 Å². The summed E-state index contributed by atoms with van der Waals surface area (Å²) in [5, 5.41) is 3.16.